The van der Waals surface area contributed by atoms with Crippen LogP contribution in [-0.2, 0) is 15.9 Å². The van der Waals surface area contributed by atoms with Crippen molar-refractivity contribution in [2.75, 3.05) is 5.75 Å². The lowest BCUT2D eigenvalue weighted by Crippen LogP contribution is -2.41. The molecule has 0 radical (unpaired) electrons. The van der Waals surface area contributed by atoms with Gasteiger partial charge in [0.25, 0.3) is 0 Å². The van der Waals surface area contributed by atoms with Gasteiger partial charge in [0.15, 0.2) is 0 Å². The number of aromatic nitrogens is 2. The Morgan fingerprint density at radius 2 is 1.95 bits per heavy atom. The highest BCUT2D eigenvalue weighted by Gasteiger charge is 2.52. The standard InChI is InChI=1S/C15H25BN2O2S/c1-6-7-18-10-12(9-17-18)8-13(11-21)16-19-14(2,3)15(4,5)20-16/h8-10,21H,6-7,11H2,1-5H3. The minimum atomic E-state index is -0.345. The van der Waals surface area contributed by atoms with Gasteiger partial charge in [-0.3, -0.25) is 4.68 Å². The van der Waals surface area contributed by atoms with E-state index in [4.69, 9.17) is 9.31 Å². The maximum absolute atomic E-state index is 6.08. The molecule has 1 aliphatic rings. The Labute approximate surface area is 133 Å². The number of aryl methyl sites for hydroxylation is 1. The lowest BCUT2D eigenvalue weighted by atomic mass is 9.78. The van der Waals surface area contributed by atoms with Crippen molar-refractivity contribution in [3.8, 4) is 0 Å². The second kappa shape index (κ2) is 6.19. The quantitative estimate of drug-likeness (QED) is 0.670. The van der Waals surface area contributed by atoms with Crippen LogP contribution in [0.5, 0.6) is 0 Å². The third kappa shape index (κ3) is 3.55. The van der Waals surface area contributed by atoms with Crippen LogP contribution in [0.4, 0.5) is 0 Å². The van der Waals surface area contributed by atoms with Crippen molar-refractivity contribution in [3.63, 3.8) is 0 Å². The van der Waals surface area contributed by atoms with E-state index in [2.05, 4.69) is 58.4 Å². The zero-order chi connectivity index (χ0) is 15.7. The van der Waals surface area contributed by atoms with Gasteiger partial charge in [-0.25, -0.2) is 0 Å². The minimum absolute atomic E-state index is 0.327. The van der Waals surface area contributed by atoms with Gasteiger partial charge >= 0.3 is 7.12 Å². The molecule has 1 aromatic heterocycles. The second-order valence-electron chi connectivity index (χ2n) is 6.50. The first-order valence-electron chi connectivity index (χ1n) is 7.48. The molecular weight excluding hydrogens is 283 g/mol. The second-order valence-corrected chi connectivity index (χ2v) is 6.82. The van der Waals surface area contributed by atoms with Gasteiger partial charge in [-0.1, -0.05) is 13.0 Å². The predicted octanol–water partition coefficient (Wildman–Crippen LogP) is 3.24. The summed E-state index contributed by atoms with van der Waals surface area (Å²) in [6, 6.07) is 0. The van der Waals surface area contributed by atoms with Crippen molar-refractivity contribution in [2.45, 2.75) is 58.8 Å². The van der Waals surface area contributed by atoms with Crippen molar-refractivity contribution >= 4 is 25.8 Å². The summed E-state index contributed by atoms with van der Waals surface area (Å²) >= 11 is 4.43. The monoisotopic (exact) mass is 308 g/mol. The number of rotatable bonds is 5. The van der Waals surface area contributed by atoms with Crippen LogP contribution in [0, 0.1) is 0 Å². The third-order valence-electron chi connectivity index (χ3n) is 4.20. The molecule has 1 saturated heterocycles. The summed E-state index contributed by atoms with van der Waals surface area (Å²) < 4.78 is 14.1. The molecule has 0 saturated carbocycles. The van der Waals surface area contributed by atoms with Gasteiger partial charge in [0.1, 0.15) is 0 Å². The van der Waals surface area contributed by atoms with Gasteiger partial charge in [0, 0.05) is 24.1 Å². The first-order chi connectivity index (χ1) is 9.79. The van der Waals surface area contributed by atoms with Crippen molar-refractivity contribution < 1.29 is 9.31 Å². The Hall–Kier alpha value is -0.715. The van der Waals surface area contributed by atoms with E-state index in [0.29, 0.717) is 5.75 Å². The SMILES string of the molecule is CCCn1cc(C=C(CS)B2OC(C)(C)C(C)(C)O2)cn1. The van der Waals surface area contributed by atoms with E-state index in [9.17, 15) is 0 Å². The summed E-state index contributed by atoms with van der Waals surface area (Å²) in [5.41, 5.74) is 1.42. The first kappa shape index (κ1) is 16.7. The normalized spacial score (nSPS) is 21.0. The summed E-state index contributed by atoms with van der Waals surface area (Å²) in [5, 5.41) is 4.34. The van der Waals surface area contributed by atoms with E-state index in [1.807, 2.05) is 17.1 Å². The smallest absolute Gasteiger partial charge is 0.400 e. The van der Waals surface area contributed by atoms with Gasteiger partial charge in [-0.2, -0.15) is 17.7 Å². The van der Waals surface area contributed by atoms with Crippen LogP contribution < -0.4 is 0 Å². The van der Waals surface area contributed by atoms with Gasteiger partial charge in [-0.15, -0.1) is 0 Å². The number of hydrogen-bond acceptors (Lipinski definition) is 4. The van der Waals surface area contributed by atoms with E-state index < -0.39 is 0 Å². The van der Waals surface area contributed by atoms with Gasteiger partial charge in [-0.05, 0) is 39.6 Å². The highest BCUT2D eigenvalue weighted by atomic mass is 32.1. The Morgan fingerprint density at radius 3 is 2.48 bits per heavy atom. The molecular formula is C15H25BN2O2S. The molecule has 0 aliphatic carbocycles. The van der Waals surface area contributed by atoms with Gasteiger partial charge < -0.3 is 9.31 Å². The summed E-state index contributed by atoms with van der Waals surface area (Å²) in [6.07, 6.45) is 7.04. The molecule has 4 nitrogen and oxygen atoms in total. The van der Waals surface area contributed by atoms with Crippen LogP contribution in [0.15, 0.2) is 17.9 Å². The lowest BCUT2D eigenvalue weighted by Gasteiger charge is -2.32. The van der Waals surface area contributed by atoms with Crippen LogP contribution in [-0.4, -0.2) is 33.9 Å². The average Bonchev–Trinajstić information content (AvgIpc) is 2.90. The lowest BCUT2D eigenvalue weighted by molar-refractivity contribution is 0.00578. The van der Waals surface area contributed by atoms with E-state index in [1.54, 1.807) is 0 Å². The average molecular weight is 308 g/mol. The zero-order valence-corrected chi connectivity index (χ0v) is 14.5. The summed E-state index contributed by atoms with van der Waals surface area (Å²) in [6.45, 7) is 11.3. The highest BCUT2D eigenvalue weighted by molar-refractivity contribution is 7.80. The highest BCUT2D eigenvalue weighted by Crippen LogP contribution is 2.38. The fourth-order valence-electron chi connectivity index (χ4n) is 2.20. The Kier molecular flexibility index (Phi) is 4.91. The van der Waals surface area contributed by atoms with Crippen molar-refractivity contribution in [1.82, 2.24) is 9.78 Å². The van der Waals surface area contributed by atoms with E-state index >= 15 is 0 Å². The van der Waals surface area contributed by atoms with Crippen LogP contribution >= 0.6 is 12.6 Å². The minimum Gasteiger partial charge on any atom is -0.400 e. The molecule has 0 atom stereocenters. The summed E-state index contributed by atoms with van der Waals surface area (Å²) in [7, 11) is -0.345. The van der Waals surface area contributed by atoms with Crippen molar-refractivity contribution in [1.29, 1.82) is 0 Å². The first-order valence-corrected chi connectivity index (χ1v) is 8.11. The molecule has 1 aliphatic heterocycles. The summed E-state index contributed by atoms with van der Waals surface area (Å²) in [4.78, 5) is 0. The molecule has 2 rings (SSSR count). The third-order valence-corrected chi connectivity index (χ3v) is 4.56. The van der Waals surface area contributed by atoms with E-state index in [-0.39, 0.29) is 18.3 Å². The van der Waals surface area contributed by atoms with E-state index in [0.717, 1.165) is 24.0 Å². The molecule has 0 amide bonds. The number of hydrogen-bond donors (Lipinski definition) is 1. The molecule has 0 N–H and O–H groups in total. The summed E-state index contributed by atoms with van der Waals surface area (Å²) in [5.74, 6) is 0.593. The molecule has 2 heterocycles. The molecule has 1 aromatic rings. The van der Waals surface area contributed by atoms with Crippen LogP contribution in [0.25, 0.3) is 6.08 Å². The Balaban J connectivity index is 2.18. The fourth-order valence-corrected chi connectivity index (χ4v) is 2.44. The maximum Gasteiger partial charge on any atom is 0.491 e. The van der Waals surface area contributed by atoms with Crippen LogP contribution in [0.3, 0.4) is 0 Å². The van der Waals surface area contributed by atoms with Crippen LogP contribution in [0.1, 0.15) is 46.6 Å². The molecule has 0 spiro atoms. The van der Waals surface area contributed by atoms with Crippen LogP contribution in [0.2, 0.25) is 0 Å². The molecule has 21 heavy (non-hydrogen) atoms. The fraction of sp³-hybridized carbons (Fsp3) is 0.667. The maximum atomic E-state index is 6.08. The largest absolute Gasteiger partial charge is 0.491 e. The zero-order valence-electron chi connectivity index (χ0n) is 13.6. The van der Waals surface area contributed by atoms with Crippen molar-refractivity contribution in [2.24, 2.45) is 0 Å². The number of nitrogens with zero attached hydrogens (tertiary/aromatic N) is 2. The molecule has 0 bridgehead atoms. The molecule has 1 fully saturated rings. The molecule has 116 valence electrons. The van der Waals surface area contributed by atoms with E-state index in [1.165, 1.54) is 0 Å². The Bertz CT molecular complexity index is 509. The topological polar surface area (TPSA) is 36.3 Å². The molecule has 6 heteroatoms. The number of thiol groups is 1. The van der Waals surface area contributed by atoms with Crippen molar-refractivity contribution in [3.05, 3.63) is 23.4 Å². The molecule has 0 aromatic carbocycles. The van der Waals surface area contributed by atoms with Gasteiger partial charge in [0.2, 0.25) is 0 Å². The predicted molar refractivity (Wildman–Crippen MR) is 90.4 cm³/mol. The van der Waals surface area contributed by atoms with Gasteiger partial charge in [0.05, 0.1) is 17.4 Å². The Morgan fingerprint density at radius 1 is 1.33 bits per heavy atom. The molecule has 0 unspecified atom stereocenters.